The molecule has 2 rings (SSSR count). The van der Waals surface area contributed by atoms with Crippen LogP contribution in [0.2, 0.25) is 0 Å². The lowest BCUT2D eigenvalue weighted by Gasteiger charge is -2.05. The van der Waals surface area contributed by atoms with Gasteiger partial charge in [-0.3, -0.25) is 14.9 Å². The molecule has 0 atom stereocenters. The van der Waals surface area contributed by atoms with Gasteiger partial charge in [0.25, 0.3) is 5.69 Å². The summed E-state index contributed by atoms with van der Waals surface area (Å²) in [5, 5.41) is 21.8. The molecule has 0 unspecified atom stereocenters. The molecule has 0 spiro atoms. The summed E-state index contributed by atoms with van der Waals surface area (Å²) in [7, 11) is 1.61. The van der Waals surface area contributed by atoms with Gasteiger partial charge in [0.05, 0.1) is 17.5 Å². The van der Waals surface area contributed by atoms with Gasteiger partial charge in [0.2, 0.25) is 5.82 Å². The molecule has 0 amide bonds. The van der Waals surface area contributed by atoms with Gasteiger partial charge in [-0.25, -0.2) is 0 Å². The molecule has 1 aromatic heterocycles. The fraction of sp³-hybridized carbons (Fsp3) is 0.200. The SMILES string of the molecule is Cn1nnc(COc2ccc([N+](=O)[O-])cc2C=O)n1. The molecule has 0 fully saturated rings. The molecule has 9 nitrogen and oxygen atoms in total. The van der Waals surface area contributed by atoms with Crippen molar-refractivity contribution in [2.75, 3.05) is 0 Å². The topological polar surface area (TPSA) is 113 Å². The van der Waals surface area contributed by atoms with Gasteiger partial charge < -0.3 is 4.74 Å². The van der Waals surface area contributed by atoms with Crippen LogP contribution in [-0.4, -0.2) is 31.4 Å². The molecule has 0 aliphatic carbocycles. The number of aryl methyl sites for hydroxylation is 1. The van der Waals surface area contributed by atoms with Crippen molar-refractivity contribution in [3.8, 4) is 5.75 Å². The molecule has 9 heteroatoms. The van der Waals surface area contributed by atoms with E-state index in [1.165, 1.54) is 16.9 Å². The van der Waals surface area contributed by atoms with E-state index in [1.807, 2.05) is 0 Å². The third-order valence-corrected chi connectivity index (χ3v) is 2.24. The Kier molecular flexibility index (Phi) is 3.46. The van der Waals surface area contributed by atoms with E-state index in [0.717, 1.165) is 6.07 Å². The molecule has 0 radical (unpaired) electrons. The molecule has 2 aromatic rings. The Balaban J connectivity index is 2.15. The molecule has 0 bridgehead atoms. The van der Waals surface area contributed by atoms with Gasteiger partial charge in [-0.15, -0.1) is 10.2 Å². The fourth-order valence-electron chi connectivity index (χ4n) is 1.40. The van der Waals surface area contributed by atoms with E-state index < -0.39 is 4.92 Å². The van der Waals surface area contributed by atoms with Gasteiger partial charge in [-0.2, -0.15) is 4.80 Å². The molecule has 0 saturated carbocycles. The van der Waals surface area contributed by atoms with Crippen LogP contribution in [0.4, 0.5) is 5.69 Å². The second-order valence-electron chi connectivity index (χ2n) is 3.58. The molecule has 19 heavy (non-hydrogen) atoms. The number of benzene rings is 1. The number of nitro groups is 1. The van der Waals surface area contributed by atoms with Crippen LogP contribution in [0.3, 0.4) is 0 Å². The van der Waals surface area contributed by atoms with Gasteiger partial charge in [-0.05, 0) is 11.3 Å². The van der Waals surface area contributed by atoms with Crippen molar-refractivity contribution < 1.29 is 14.5 Å². The summed E-state index contributed by atoms with van der Waals surface area (Å²) in [6.07, 6.45) is 0.492. The van der Waals surface area contributed by atoms with Crippen molar-refractivity contribution >= 4 is 12.0 Å². The highest BCUT2D eigenvalue weighted by molar-refractivity contribution is 5.80. The number of aromatic nitrogens is 4. The molecular formula is C10H9N5O4. The van der Waals surface area contributed by atoms with Crippen LogP contribution in [0.25, 0.3) is 0 Å². The average Bonchev–Trinajstić information content (AvgIpc) is 2.81. The average molecular weight is 263 g/mol. The summed E-state index contributed by atoms with van der Waals surface area (Å²) in [5.41, 5.74) is -0.0785. The maximum atomic E-state index is 10.9. The van der Waals surface area contributed by atoms with E-state index >= 15 is 0 Å². The first kappa shape index (κ1) is 12.6. The van der Waals surface area contributed by atoms with Crippen molar-refractivity contribution in [1.29, 1.82) is 0 Å². The molecule has 1 heterocycles. The van der Waals surface area contributed by atoms with E-state index in [1.54, 1.807) is 7.05 Å². The summed E-state index contributed by atoms with van der Waals surface area (Å²) < 4.78 is 5.33. The van der Waals surface area contributed by atoms with Gasteiger partial charge in [0, 0.05) is 12.1 Å². The Morgan fingerprint density at radius 1 is 1.53 bits per heavy atom. The Labute approximate surface area is 106 Å². The monoisotopic (exact) mass is 263 g/mol. The number of nitro benzene ring substituents is 1. The highest BCUT2D eigenvalue weighted by atomic mass is 16.6. The fourth-order valence-corrected chi connectivity index (χ4v) is 1.40. The van der Waals surface area contributed by atoms with E-state index in [-0.39, 0.29) is 23.6 Å². The van der Waals surface area contributed by atoms with Crippen molar-refractivity contribution in [2.24, 2.45) is 7.05 Å². The number of hydrogen-bond acceptors (Lipinski definition) is 7. The zero-order valence-electron chi connectivity index (χ0n) is 9.89. The Morgan fingerprint density at radius 3 is 2.89 bits per heavy atom. The number of tetrazole rings is 1. The molecule has 1 aromatic carbocycles. The Bertz CT molecular complexity index is 624. The van der Waals surface area contributed by atoms with Crippen LogP contribution >= 0.6 is 0 Å². The Morgan fingerprint density at radius 2 is 2.32 bits per heavy atom. The summed E-state index contributed by atoms with van der Waals surface area (Å²) >= 11 is 0. The number of non-ortho nitro benzene ring substituents is 1. The normalized spacial score (nSPS) is 10.2. The van der Waals surface area contributed by atoms with Crippen molar-refractivity contribution in [1.82, 2.24) is 20.2 Å². The molecule has 0 N–H and O–H groups in total. The van der Waals surface area contributed by atoms with E-state index in [4.69, 9.17) is 4.74 Å². The zero-order chi connectivity index (χ0) is 13.8. The number of aldehydes is 1. The second kappa shape index (κ2) is 5.21. The van der Waals surface area contributed by atoms with E-state index in [2.05, 4.69) is 15.4 Å². The summed E-state index contributed by atoms with van der Waals surface area (Å²) in [6, 6.07) is 3.76. The molecule has 0 aliphatic rings. The molecular weight excluding hydrogens is 254 g/mol. The summed E-state index contributed by atoms with van der Waals surface area (Å²) in [4.78, 5) is 22.1. The van der Waals surface area contributed by atoms with Crippen LogP contribution in [0.5, 0.6) is 5.75 Å². The van der Waals surface area contributed by atoms with Crippen LogP contribution in [0.1, 0.15) is 16.2 Å². The van der Waals surface area contributed by atoms with Crippen LogP contribution in [0.15, 0.2) is 18.2 Å². The second-order valence-corrected chi connectivity index (χ2v) is 3.58. The third-order valence-electron chi connectivity index (χ3n) is 2.24. The highest BCUT2D eigenvalue weighted by Gasteiger charge is 2.12. The predicted octanol–water partition coefficient (Wildman–Crippen LogP) is 0.510. The van der Waals surface area contributed by atoms with Crippen LogP contribution in [0, 0.1) is 10.1 Å². The van der Waals surface area contributed by atoms with Crippen molar-refractivity contribution in [2.45, 2.75) is 6.61 Å². The number of ether oxygens (including phenoxy) is 1. The first-order chi connectivity index (χ1) is 9.10. The number of nitrogens with zero attached hydrogens (tertiary/aromatic N) is 5. The van der Waals surface area contributed by atoms with Crippen LogP contribution < -0.4 is 4.74 Å². The molecule has 0 aliphatic heterocycles. The quantitative estimate of drug-likeness (QED) is 0.438. The number of rotatable bonds is 5. The lowest BCUT2D eigenvalue weighted by molar-refractivity contribution is -0.384. The largest absolute Gasteiger partial charge is 0.485 e. The minimum Gasteiger partial charge on any atom is -0.485 e. The van der Waals surface area contributed by atoms with Gasteiger partial charge in [0.15, 0.2) is 12.9 Å². The number of carbonyl (C=O) groups excluding carboxylic acids is 1. The molecule has 98 valence electrons. The first-order valence-electron chi connectivity index (χ1n) is 5.19. The highest BCUT2D eigenvalue weighted by Crippen LogP contribution is 2.23. The van der Waals surface area contributed by atoms with E-state index in [9.17, 15) is 14.9 Å². The van der Waals surface area contributed by atoms with Crippen molar-refractivity contribution in [3.63, 3.8) is 0 Å². The number of hydrogen-bond donors (Lipinski definition) is 0. The van der Waals surface area contributed by atoms with Gasteiger partial charge in [-0.1, -0.05) is 0 Å². The lowest BCUT2D eigenvalue weighted by atomic mass is 10.2. The maximum Gasteiger partial charge on any atom is 0.270 e. The standard InChI is InChI=1S/C10H9N5O4/c1-14-12-10(11-13-14)6-19-9-3-2-8(15(17)18)4-7(9)5-16/h2-5H,6H2,1H3. The predicted molar refractivity (Wildman–Crippen MR) is 61.6 cm³/mol. The smallest absolute Gasteiger partial charge is 0.270 e. The third kappa shape index (κ3) is 2.89. The maximum absolute atomic E-state index is 10.9. The summed E-state index contributed by atoms with van der Waals surface area (Å²) in [6.45, 7) is 0.0203. The minimum atomic E-state index is -0.582. The first-order valence-corrected chi connectivity index (χ1v) is 5.19. The van der Waals surface area contributed by atoms with Crippen molar-refractivity contribution in [3.05, 3.63) is 39.7 Å². The lowest BCUT2D eigenvalue weighted by Crippen LogP contribution is -2.01. The number of carbonyl (C=O) groups is 1. The Hall–Kier alpha value is -2.84. The minimum absolute atomic E-state index is 0.0203. The van der Waals surface area contributed by atoms with E-state index in [0.29, 0.717) is 12.1 Å². The van der Waals surface area contributed by atoms with Gasteiger partial charge in [0.1, 0.15) is 5.75 Å². The van der Waals surface area contributed by atoms with Gasteiger partial charge >= 0.3 is 0 Å². The van der Waals surface area contributed by atoms with Crippen LogP contribution in [-0.2, 0) is 13.7 Å². The molecule has 0 saturated heterocycles. The zero-order valence-corrected chi connectivity index (χ0v) is 9.89. The summed E-state index contributed by atoms with van der Waals surface area (Å²) in [5.74, 6) is 0.575.